The molecule has 6 nitrogen and oxygen atoms in total. The van der Waals surface area contributed by atoms with Gasteiger partial charge in [0.2, 0.25) is 0 Å². The molecule has 4 N–H and O–H groups in total. The van der Waals surface area contributed by atoms with Crippen molar-refractivity contribution in [2.45, 2.75) is 11.2 Å². The maximum Gasteiger partial charge on any atom is 0.313 e. The predicted octanol–water partition coefficient (Wildman–Crippen LogP) is -0.401. The molecule has 12 aliphatic carbocycles. The molecule has 12 saturated carbocycles. The van der Waals surface area contributed by atoms with Crippen molar-refractivity contribution < 1.29 is 30.0 Å². The van der Waals surface area contributed by atoms with E-state index in [4.69, 9.17) is 0 Å². The molecule has 0 radical (unpaired) electrons. The maximum atomic E-state index is 13.0. The minimum Gasteiger partial charge on any atom is -0.481 e. The maximum absolute atomic E-state index is 13.0. The molecule has 0 aromatic carbocycles. The highest BCUT2D eigenvalue weighted by atomic mass is 16.4. The van der Waals surface area contributed by atoms with Gasteiger partial charge in [-0.1, -0.05) is 0 Å². The lowest BCUT2D eigenvalue weighted by Crippen LogP contribution is -2.60. The summed E-state index contributed by atoms with van der Waals surface area (Å²) in [7, 11) is 0. The van der Waals surface area contributed by atoms with Crippen LogP contribution in [-0.2, 0) is 9.59 Å². The van der Waals surface area contributed by atoms with Gasteiger partial charge in [-0.3, -0.25) is 9.59 Å². The van der Waals surface area contributed by atoms with E-state index in [9.17, 15) is 30.0 Å². The molecule has 0 aromatic heterocycles. The Labute approximate surface area is 159 Å². The lowest BCUT2D eigenvalue weighted by Gasteiger charge is -2.46. The molecule has 6 heteroatoms. The SMILES string of the molecule is O=C(O)C12C3C4C5C6C7C8C(C9C%10C8C6(O)C6(C(=O)O)C5C3C(C91)C%106)C2(O)C74. The van der Waals surface area contributed by atoms with Crippen molar-refractivity contribution in [1.82, 2.24) is 0 Å². The number of carbonyl (C=O) groups is 2. The van der Waals surface area contributed by atoms with Gasteiger partial charge in [0.25, 0.3) is 0 Å². The summed E-state index contributed by atoms with van der Waals surface area (Å²) in [5.74, 6) is -0.428. The number of rotatable bonds is 2. The highest BCUT2D eigenvalue weighted by Crippen LogP contribution is 3.07. The fourth-order valence-electron chi connectivity index (χ4n) is 16.4. The molecule has 12 aliphatic rings. The monoisotopic (exact) mass is 380 g/mol. The Morgan fingerprint density at radius 1 is 0.464 bits per heavy atom. The van der Waals surface area contributed by atoms with Crippen molar-refractivity contribution >= 4 is 11.9 Å². The normalized spacial score (nSPS) is 90.9. The van der Waals surface area contributed by atoms with Crippen LogP contribution in [0.1, 0.15) is 0 Å². The van der Waals surface area contributed by atoms with Gasteiger partial charge < -0.3 is 20.4 Å². The Balaban J connectivity index is 1.43. The molecule has 12 atom stereocenters. The molecule has 0 amide bonds. The fraction of sp³-hybridized carbons (Fsp3) is 0.909. The lowest BCUT2D eigenvalue weighted by atomic mass is 9.60. The van der Waals surface area contributed by atoms with E-state index in [0.29, 0.717) is 0 Å². The van der Waals surface area contributed by atoms with Crippen LogP contribution in [0.2, 0.25) is 0 Å². The van der Waals surface area contributed by atoms with Crippen LogP contribution in [0, 0.1) is 106 Å². The highest BCUT2D eigenvalue weighted by molar-refractivity contribution is 5.87. The molecule has 0 aliphatic heterocycles. The Hall–Kier alpha value is -1.14. The summed E-state index contributed by atoms with van der Waals surface area (Å²) in [5, 5.41) is 46.2. The minimum atomic E-state index is -1.08. The van der Waals surface area contributed by atoms with Crippen LogP contribution in [0.3, 0.4) is 0 Å². The van der Waals surface area contributed by atoms with Gasteiger partial charge in [0.1, 0.15) is 10.8 Å². The largest absolute Gasteiger partial charge is 0.481 e. The first kappa shape index (κ1) is 13.2. The molecule has 0 aromatic rings. The van der Waals surface area contributed by atoms with Crippen molar-refractivity contribution in [3.63, 3.8) is 0 Å². The molecule has 144 valence electrons. The number of carboxylic acid groups (broad SMARTS) is 2. The summed E-state index contributed by atoms with van der Waals surface area (Å²) in [6, 6.07) is 0. The first-order valence-electron chi connectivity index (χ1n) is 11.3. The zero-order chi connectivity index (χ0) is 18.4. The van der Waals surface area contributed by atoms with Crippen LogP contribution in [0.25, 0.3) is 0 Å². The lowest BCUT2D eigenvalue weighted by molar-refractivity contribution is -0.188. The third-order valence-corrected chi connectivity index (χ3v) is 14.6. The standard InChI is InChI=1S/C22H20O6/c23-17(24)19-9-1-2-11(19)5-6-12(2)20(18(25)26)10(1)4-3(9)13-7-8(15(5)21(13,19)27)16(6)22(20,28)14(4)7/h1-16,27-28H,(H,23,24)(H,25,26). The first-order chi connectivity index (χ1) is 13.4. The number of aliphatic hydroxyl groups is 2. The number of hydrogen-bond donors (Lipinski definition) is 4. The molecule has 0 spiro atoms. The third kappa shape index (κ3) is 0.575. The zero-order valence-electron chi connectivity index (χ0n) is 14.8. The second-order valence-electron chi connectivity index (χ2n) is 12.8. The molecular weight excluding hydrogens is 360 g/mol. The Morgan fingerprint density at radius 2 is 0.679 bits per heavy atom. The third-order valence-electron chi connectivity index (χ3n) is 14.6. The molecule has 0 bridgehead atoms. The quantitative estimate of drug-likeness (QED) is 0.518. The van der Waals surface area contributed by atoms with Gasteiger partial charge in [0.05, 0.1) is 11.2 Å². The zero-order valence-corrected chi connectivity index (χ0v) is 14.8. The molecule has 12 rings (SSSR count). The fourth-order valence-corrected chi connectivity index (χ4v) is 16.4. The van der Waals surface area contributed by atoms with Crippen molar-refractivity contribution in [1.29, 1.82) is 0 Å². The average molecular weight is 380 g/mol. The summed E-state index contributed by atoms with van der Waals surface area (Å²) in [6.07, 6.45) is 0. The molecule has 28 heavy (non-hydrogen) atoms. The second kappa shape index (κ2) is 2.71. The summed E-state index contributed by atoms with van der Waals surface area (Å²) < 4.78 is 0. The Morgan fingerprint density at radius 3 is 0.929 bits per heavy atom. The van der Waals surface area contributed by atoms with E-state index < -0.39 is 34.0 Å². The summed E-state index contributed by atoms with van der Waals surface area (Å²) >= 11 is 0. The van der Waals surface area contributed by atoms with Crippen LogP contribution in [0.15, 0.2) is 0 Å². The first-order valence-corrected chi connectivity index (χ1v) is 11.3. The van der Waals surface area contributed by atoms with E-state index in [0.717, 1.165) is 0 Å². The molecule has 12 unspecified atom stereocenters. The highest BCUT2D eigenvalue weighted by Gasteiger charge is 3.11. The van der Waals surface area contributed by atoms with Gasteiger partial charge in [0.15, 0.2) is 0 Å². The summed E-state index contributed by atoms with van der Waals surface area (Å²) in [6.45, 7) is 0. The van der Waals surface area contributed by atoms with E-state index >= 15 is 0 Å². The summed E-state index contributed by atoms with van der Waals surface area (Å²) in [5.41, 5.74) is -4.17. The van der Waals surface area contributed by atoms with E-state index in [1.807, 2.05) is 0 Å². The van der Waals surface area contributed by atoms with Gasteiger partial charge in [-0.15, -0.1) is 0 Å². The van der Waals surface area contributed by atoms with Crippen LogP contribution in [0.5, 0.6) is 0 Å². The molecular formula is C22H20O6. The van der Waals surface area contributed by atoms with Crippen LogP contribution in [-0.4, -0.2) is 43.6 Å². The van der Waals surface area contributed by atoms with Crippen molar-refractivity contribution in [3.8, 4) is 0 Å². The van der Waals surface area contributed by atoms with Gasteiger partial charge in [-0.05, 0) is 94.7 Å². The smallest absolute Gasteiger partial charge is 0.313 e. The second-order valence-corrected chi connectivity index (χ2v) is 12.8. The molecule has 0 saturated heterocycles. The van der Waals surface area contributed by atoms with Crippen molar-refractivity contribution in [2.75, 3.05) is 0 Å². The average Bonchev–Trinajstić information content (AvgIpc) is 3.34. The Bertz CT molecular complexity index is 943. The number of carboxylic acids is 2. The summed E-state index contributed by atoms with van der Waals surface area (Å²) in [4.78, 5) is 26.1. The topological polar surface area (TPSA) is 115 Å². The van der Waals surface area contributed by atoms with Crippen LogP contribution < -0.4 is 0 Å². The Kier molecular flexibility index (Phi) is 1.28. The van der Waals surface area contributed by atoms with Gasteiger partial charge in [0, 0.05) is 0 Å². The van der Waals surface area contributed by atoms with E-state index in [1.54, 1.807) is 0 Å². The van der Waals surface area contributed by atoms with Crippen LogP contribution in [0.4, 0.5) is 0 Å². The predicted molar refractivity (Wildman–Crippen MR) is 85.9 cm³/mol. The van der Waals surface area contributed by atoms with Gasteiger partial charge in [-0.25, -0.2) is 0 Å². The van der Waals surface area contributed by atoms with E-state index in [1.165, 1.54) is 0 Å². The molecule has 12 fully saturated rings. The van der Waals surface area contributed by atoms with Crippen LogP contribution >= 0.6 is 0 Å². The number of aliphatic carboxylic acids is 2. The minimum absolute atomic E-state index is 0.0125. The van der Waals surface area contributed by atoms with Crippen molar-refractivity contribution in [3.05, 3.63) is 0 Å². The van der Waals surface area contributed by atoms with Crippen molar-refractivity contribution in [2.24, 2.45) is 106 Å². The van der Waals surface area contributed by atoms with E-state index in [2.05, 4.69) is 0 Å². The van der Waals surface area contributed by atoms with E-state index in [-0.39, 0.29) is 94.7 Å². The molecule has 0 heterocycles. The number of hydrogen-bond acceptors (Lipinski definition) is 4. The van der Waals surface area contributed by atoms with Gasteiger partial charge in [-0.2, -0.15) is 0 Å². The van der Waals surface area contributed by atoms with Gasteiger partial charge >= 0.3 is 11.9 Å².